The molecular weight excluding hydrogens is 324 g/mol. The number of nitrogens with zero attached hydrogens (tertiary/aromatic N) is 1. The normalized spacial score (nSPS) is 16.5. The van der Waals surface area contributed by atoms with Gasteiger partial charge in [-0.2, -0.15) is 0 Å². The molecule has 1 N–H and O–H groups in total. The lowest BCUT2D eigenvalue weighted by molar-refractivity contribution is 0.0597. The summed E-state index contributed by atoms with van der Waals surface area (Å²) in [6.07, 6.45) is 3.38. The van der Waals surface area contributed by atoms with Crippen molar-refractivity contribution in [3.05, 3.63) is 44.9 Å². The number of thiazole rings is 1. The van der Waals surface area contributed by atoms with E-state index >= 15 is 0 Å². The molecule has 1 heterocycles. The molecule has 0 bridgehead atoms. The van der Waals surface area contributed by atoms with E-state index in [0.717, 1.165) is 30.0 Å². The molecule has 0 unspecified atom stereocenters. The molecule has 0 fully saturated rings. The molecule has 0 aliphatic heterocycles. The van der Waals surface area contributed by atoms with E-state index < -0.39 is 0 Å². The fourth-order valence-electron chi connectivity index (χ4n) is 3.10. The maximum Gasteiger partial charge on any atom is 0.341 e. The molecule has 0 saturated heterocycles. The van der Waals surface area contributed by atoms with Crippen LogP contribution in [0.3, 0.4) is 0 Å². The van der Waals surface area contributed by atoms with Gasteiger partial charge in [0, 0.05) is 17.5 Å². The summed E-state index contributed by atoms with van der Waals surface area (Å²) in [4.78, 5) is 17.7. The summed E-state index contributed by atoms with van der Waals surface area (Å²) in [5.74, 6) is 0.155. The number of esters is 1. The van der Waals surface area contributed by atoms with E-state index in [2.05, 4.69) is 17.2 Å². The number of nitrogens with one attached hydrogen (secondary N) is 1. The van der Waals surface area contributed by atoms with Crippen LogP contribution in [0.4, 0.5) is 0 Å². The van der Waals surface area contributed by atoms with Gasteiger partial charge in [0.25, 0.3) is 0 Å². The van der Waals surface area contributed by atoms with Crippen molar-refractivity contribution >= 4 is 17.3 Å². The minimum absolute atomic E-state index is 0.353. The molecule has 128 valence electrons. The maximum absolute atomic E-state index is 11.7. The summed E-state index contributed by atoms with van der Waals surface area (Å²) in [7, 11) is 2.93. The Hall–Kier alpha value is -1.92. The van der Waals surface area contributed by atoms with Gasteiger partial charge in [-0.3, -0.25) is 0 Å². The van der Waals surface area contributed by atoms with Gasteiger partial charge < -0.3 is 14.8 Å². The van der Waals surface area contributed by atoms with Gasteiger partial charge in [0.2, 0.25) is 0 Å². The Bertz CT molecular complexity index is 742. The largest absolute Gasteiger partial charge is 0.496 e. The van der Waals surface area contributed by atoms with E-state index in [1.165, 1.54) is 24.1 Å². The third-order valence-corrected chi connectivity index (χ3v) is 5.41. The molecule has 5 nitrogen and oxygen atoms in total. The molecule has 0 saturated carbocycles. The fourth-order valence-corrected chi connectivity index (χ4v) is 4.19. The van der Waals surface area contributed by atoms with E-state index in [1.54, 1.807) is 24.5 Å². The van der Waals surface area contributed by atoms with Gasteiger partial charge in [-0.1, -0.05) is 6.07 Å². The zero-order valence-corrected chi connectivity index (χ0v) is 15.0. The van der Waals surface area contributed by atoms with Crippen LogP contribution in [-0.4, -0.2) is 25.2 Å². The van der Waals surface area contributed by atoms with Crippen LogP contribution in [0, 0.1) is 6.92 Å². The second kappa shape index (κ2) is 7.32. The van der Waals surface area contributed by atoms with Crippen LogP contribution in [0.1, 0.15) is 50.4 Å². The predicted molar refractivity (Wildman–Crippen MR) is 93.7 cm³/mol. The Balaban J connectivity index is 1.72. The summed E-state index contributed by atoms with van der Waals surface area (Å²) >= 11 is 1.79. The van der Waals surface area contributed by atoms with Crippen molar-refractivity contribution in [2.24, 2.45) is 0 Å². The van der Waals surface area contributed by atoms with Crippen LogP contribution in [0.2, 0.25) is 0 Å². The average Bonchev–Trinajstić information content (AvgIpc) is 2.99. The van der Waals surface area contributed by atoms with Crippen molar-refractivity contribution < 1.29 is 14.3 Å². The number of ether oxygens (including phenoxy) is 2. The van der Waals surface area contributed by atoms with Crippen molar-refractivity contribution in [2.75, 3.05) is 14.2 Å². The molecule has 1 atom stereocenters. The summed E-state index contributed by atoms with van der Waals surface area (Å²) in [5.41, 5.74) is 2.77. The molecule has 1 aromatic heterocycles. The molecule has 0 spiro atoms. The highest BCUT2D eigenvalue weighted by Gasteiger charge is 2.23. The predicted octanol–water partition coefficient (Wildman–Crippen LogP) is 3.41. The number of methoxy groups -OCH3 is 2. The molecule has 1 aliphatic carbocycles. The summed E-state index contributed by atoms with van der Waals surface area (Å²) in [6, 6.07) is 5.93. The summed E-state index contributed by atoms with van der Waals surface area (Å²) in [6.45, 7) is 2.79. The summed E-state index contributed by atoms with van der Waals surface area (Å²) in [5, 5.41) is 4.76. The first-order valence-electron chi connectivity index (χ1n) is 8.07. The maximum atomic E-state index is 11.7. The number of hydrogen-bond donors (Lipinski definition) is 1. The smallest absolute Gasteiger partial charge is 0.341 e. The van der Waals surface area contributed by atoms with Gasteiger partial charge in [-0.05, 0) is 43.9 Å². The van der Waals surface area contributed by atoms with Gasteiger partial charge >= 0.3 is 5.97 Å². The van der Waals surface area contributed by atoms with Gasteiger partial charge in [0.15, 0.2) is 0 Å². The number of aryl methyl sites for hydroxylation is 2. The molecule has 2 aromatic rings. The quantitative estimate of drug-likeness (QED) is 0.841. The second-order valence-electron chi connectivity index (χ2n) is 5.90. The third-order valence-electron chi connectivity index (χ3n) is 4.28. The van der Waals surface area contributed by atoms with Crippen molar-refractivity contribution in [2.45, 2.75) is 38.8 Å². The first-order valence-corrected chi connectivity index (χ1v) is 8.89. The zero-order chi connectivity index (χ0) is 17.1. The van der Waals surface area contributed by atoms with Crippen LogP contribution in [0.15, 0.2) is 18.2 Å². The topological polar surface area (TPSA) is 60.5 Å². The second-order valence-corrected chi connectivity index (χ2v) is 7.13. The van der Waals surface area contributed by atoms with E-state index in [1.807, 2.05) is 12.1 Å². The van der Waals surface area contributed by atoms with Crippen LogP contribution in [-0.2, 0) is 17.7 Å². The van der Waals surface area contributed by atoms with Crippen LogP contribution in [0.25, 0.3) is 0 Å². The highest BCUT2D eigenvalue weighted by atomic mass is 32.1. The number of carbonyl (C=O) groups excluding carboxylic acids is 1. The number of benzene rings is 1. The first kappa shape index (κ1) is 16.9. The lowest BCUT2D eigenvalue weighted by Gasteiger charge is -2.22. The standard InChI is InChI=1S/C18H22N2O3S/c1-11-20-15-6-4-5-14(17(15)24-11)19-10-12-7-8-13(18(21)23-3)16(9-12)22-2/h7-9,14,19H,4-6,10H2,1-3H3/t14-/m1/s1. The van der Waals surface area contributed by atoms with E-state index in [-0.39, 0.29) is 5.97 Å². The molecule has 1 aromatic carbocycles. The minimum Gasteiger partial charge on any atom is -0.496 e. The Morgan fingerprint density at radius 2 is 2.25 bits per heavy atom. The number of hydrogen-bond acceptors (Lipinski definition) is 6. The van der Waals surface area contributed by atoms with Gasteiger partial charge in [0.05, 0.1) is 24.9 Å². The van der Waals surface area contributed by atoms with Crippen LogP contribution in [0.5, 0.6) is 5.75 Å². The Kier molecular flexibility index (Phi) is 5.16. The number of fused-ring (bicyclic) bond motifs is 1. The van der Waals surface area contributed by atoms with E-state index in [4.69, 9.17) is 9.47 Å². The molecule has 1 aliphatic rings. The monoisotopic (exact) mass is 346 g/mol. The van der Waals surface area contributed by atoms with E-state index in [0.29, 0.717) is 17.4 Å². The highest BCUT2D eigenvalue weighted by molar-refractivity contribution is 7.11. The zero-order valence-electron chi connectivity index (χ0n) is 14.2. The number of rotatable bonds is 5. The van der Waals surface area contributed by atoms with Crippen molar-refractivity contribution in [1.29, 1.82) is 0 Å². The van der Waals surface area contributed by atoms with Crippen molar-refractivity contribution in [3.63, 3.8) is 0 Å². The van der Waals surface area contributed by atoms with Crippen molar-refractivity contribution in [1.82, 2.24) is 10.3 Å². The van der Waals surface area contributed by atoms with Gasteiger partial charge in [-0.15, -0.1) is 11.3 Å². The molecule has 24 heavy (non-hydrogen) atoms. The Labute approximate surface area is 146 Å². The third kappa shape index (κ3) is 3.44. The highest BCUT2D eigenvalue weighted by Crippen LogP contribution is 2.34. The SMILES string of the molecule is COC(=O)c1ccc(CN[C@@H]2CCCc3nc(C)sc32)cc1OC. The molecule has 6 heteroatoms. The average molecular weight is 346 g/mol. The van der Waals surface area contributed by atoms with Crippen LogP contribution < -0.4 is 10.1 Å². The first-order chi connectivity index (χ1) is 11.6. The van der Waals surface area contributed by atoms with Gasteiger partial charge in [-0.25, -0.2) is 9.78 Å². The number of carbonyl (C=O) groups is 1. The van der Waals surface area contributed by atoms with Gasteiger partial charge in [0.1, 0.15) is 11.3 Å². The molecule has 0 amide bonds. The minimum atomic E-state index is -0.386. The van der Waals surface area contributed by atoms with Crippen LogP contribution >= 0.6 is 11.3 Å². The molecule has 3 rings (SSSR count). The fraction of sp³-hybridized carbons (Fsp3) is 0.444. The molecule has 0 radical (unpaired) electrons. The summed E-state index contributed by atoms with van der Waals surface area (Å²) < 4.78 is 10.1. The molecular formula is C18H22N2O3S. The number of aromatic nitrogens is 1. The van der Waals surface area contributed by atoms with Crippen molar-refractivity contribution in [3.8, 4) is 5.75 Å². The Morgan fingerprint density at radius 3 is 3.00 bits per heavy atom. The Morgan fingerprint density at radius 1 is 1.42 bits per heavy atom. The lowest BCUT2D eigenvalue weighted by atomic mass is 9.98. The van der Waals surface area contributed by atoms with E-state index in [9.17, 15) is 4.79 Å². The lowest BCUT2D eigenvalue weighted by Crippen LogP contribution is -2.23.